The highest BCUT2D eigenvalue weighted by Crippen LogP contribution is 2.15. The van der Waals surface area contributed by atoms with Gasteiger partial charge in [0.15, 0.2) is 0 Å². The zero-order valence-electron chi connectivity index (χ0n) is 11.4. The fourth-order valence-corrected chi connectivity index (χ4v) is 2.01. The lowest BCUT2D eigenvalue weighted by atomic mass is 10.1. The smallest absolute Gasteiger partial charge is 0.0705 e. The van der Waals surface area contributed by atoms with Crippen LogP contribution in [0.4, 0.5) is 0 Å². The highest BCUT2D eigenvalue weighted by atomic mass is 16.5. The van der Waals surface area contributed by atoms with Gasteiger partial charge in [0.1, 0.15) is 0 Å². The Kier molecular flexibility index (Phi) is 5.75. The Bertz CT molecular complexity index is 496. The quantitative estimate of drug-likeness (QED) is 0.706. The first-order valence-corrected chi connectivity index (χ1v) is 6.65. The molecule has 102 valence electrons. The first-order chi connectivity index (χ1) is 9.42. The van der Waals surface area contributed by atoms with E-state index >= 15 is 0 Å². The first kappa shape index (κ1) is 13.9. The minimum atomic E-state index is 0.759. The average Bonchev–Trinajstić information content (AvgIpc) is 2.46. The van der Waals surface area contributed by atoms with Crippen molar-refractivity contribution in [2.75, 3.05) is 33.4 Å². The predicted octanol–water partition coefficient (Wildman–Crippen LogP) is 1.56. The summed E-state index contributed by atoms with van der Waals surface area (Å²) in [6.45, 7) is 4.42. The third-order valence-corrected chi connectivity index (χ3v) is 3.02. The van der Waals surface area contributed by atoms with E-state index in [2.05, 4.69) is 33.8 Å². The molecule has 2 N–H and O–H groups in total. The Balaban J connectivity index is 1.78. The van der Waals surface area contributed by atoms with E-state index in [9.17, 15) is 0 Å². The second-order valence-electron chi connectivity index (χ2n) is 4.41. The molecule has 19 heavy (non-hydrogen) atoms. The standard InChI is InChI=1S/C15H21N3O/c1-19-11-10-16-8-9-17-12-13-6-7-18-15-5-3-2-4-14(13)15/h2-7,16-17H,8-12H2,1H3. The molecule has 0 unspecified atom stereocenters. The van der Waals surface area contributed by atoms with Gasteiger partial charge in [-0.2, -0.15) is 0 Å². The summed E-state index contributed by atoms with van der Waals surface area (Å²) < 4.78 is 4.98. The molecule has 1 aromatic heterocycles. The second kappa shape index (κ2) is 7.84. The zero-order chi connectivity index (χ0) is 13.3. The maximum atomic E-state index is 4.98. The number of rotatable bonds is 8. The van der Waals surface area contributed by atoms with E-state index in [1.165, 1.54) is 10.9 Å². The maximum absolute atomic E-state index is 4.98. The Morgan fingerprint density at radius 2 is 1.89 bits per heavy atom. The Labute approximate surface area is 114 Å². The number of aromatic nitrogens is 1. The van der Waals surface area contributed by atoms with Crippen LogP contribution in [0.5, 0.6) is 0 Å². The molecule has 0 saturated carbocycles. The molecule has 4 nitrogen and oxygen atoms in total. The molecule has 1 heterocycles. The molecule has 0 fully saturated rings. The molecule has 0 aliphatic heterocycles. The van der Waals surface area contributed by atoms with Gasteiger partial charge < -0.3 is 15.4 Å². The fraction of sp³-hybridized carbons (Fsp3) is 0.400. The van der Waals surface area contributed by atoms with Gasteiger partial charge in [-0.15, -0.1) is 0 Å². The molecule has 0 spiro atoms. The van der Waals surface area contributed by atoms with Gasteiger partial charge in [-0.25, -0.2) is 0 Å². The summed E-state index contributed by atoms with van der Waals surface area (Å²) in [5, 5.41) is 7.98. The Hall–Kier alpha value is -1.49. The molecular formula is C15H21N3O. The number of ether oxygens (including phenoxy) is 1. The van der Waals surface area contributed by atoms with Crippen molar-refractivity contribution in [2.24, 2.45) is 0 Å². The van der Waals surface area contributed by atoms with Crippen molar-refractivity contribution < 1.29 is 4.74 Å². The number of hydrogen-bond donors (Lipinski definition) is 2. The zero-order valence-corrected chi connectivity index (χ0v) is 11.4. The van der Waals surface area contributed by atoms with Gasteiger partial charge in [-0.1, -0.05) is 18.2 Å². The molecule has 0 atom stereocenters. The first-order valence-electron chi connectivity index (χ1n) is 6.65. The molecule has 4 heteroatoms. The van der Waals surface area contributed by atoms with Crippen molar-refractivity contribution in [1.82, 2.24) is 15.6 Å². The van der Waals surface area contributed by atoms with E-state index in [0.717, 1.165) is 38.3 Å². The van der Waals surface area contributed by atoms with Crippen LogP contribution in [-0.4, -0.2) is 38.3 Å². The van der Waals surface area contributed by atoms with Gasteiger partial charge in [-0.3, -0.25) is 4.98 Å². The van der Waals surface area contributed by atoms with Gasteiger partial charge in [0.05, 0.1) is 12.1 Å². The lowest BCUT2D eigenvalue weighted by Gasteiger charge is -2.08. The highest BCUT2D eigenvalue weighted by molar-refractivity contribution is 5.81. The number of nitrogens with one attached hydrogen (secondary N) is 2. The summed E-state index contributed by atoms with van der Waals surface area (Å²) in [5.74, 6) is 0. The number of para-hydroxylation sites is 1. The molecule has 0 amide bonds. The highest BCUT2D eigenvalue weighted by Gasteiger charge is 2.00. The van der Waals surface area contributed by atoms with Crippen molar-refractivity contribution in [2.45, 2.75) is 6.54 Å². The van der Waals surface area contributed by atoms with Gasteiger partial charge in [0.25, 0.3) is 0 Å². The van der Waals surface area contributed by atoms with Crippen LogP contribution in [0.1, 0.15) is 5.56 Å². The normalized spacial score (nSPS) is 11.0. The molecule has 0 aliphatic rings. The largest absolute Gasteiger partial charge is 0.383 e. The molecule has 2 aromatic rings. The van der Waals surface area contributed by atoms with Gasteiger partial charge in [0.2, 0.25) is 0 Å². The SMILES string of the molecule is COCCNCCNCc1ccnc2ccccc12. The molecule has 0 aliphatic carbocycles. The number of hydrogen-bond acceptors (Lipinski definition) is 4. The molecule has 1 aromatic carbocycles. The van der Waals surface area contributed by atoms with Crippen LogP contribution in [0, 0.1) is 0 Å². The molecule has 0 bridgehead atoms. The minimum Gasteiger partial charge on any atom is -0.383 e. The second-order valence-corrected chi connectivity index (χ2v) is 4.41. The average molecular weight is 259 g/mol. The van der Waals surface area contributed by atoms with Crippen LogP contribution in [0.15, 0.2) is 36.5 Å². The van der Waals surface area contributed by atoms with E-state index in [0.29, 0.717) is 0 Å². The third-order valence-electron chi connectivity index (χ3n) is 3.02. The van der Waals surface area contributed by atoms with Gasteiger partial charge >= 0.3 is 0 Å². The van der Waals surface area contributed by atoms with Crippen LogP contribution in [-0.2, 0) is 11.3 Å². The number of pyridine rings is 1. The number of benzene rings is 1. The van der Waals surface area contributed by atoms with Crippen molar-refractivity contribution in [1.29, 1.82) is 0 Å². The van der Waals surface area contributed by atoms with Crippen molar-refractivity contribution >= 4 is 10.9 Å². The number of nitrogens with zero attached hydrogens (tertiary/aromatic N) is 1. The van der Waals surface area contributed by atoms with E-state index < -0.39 is 0 Å². The van der Waals surface area contributed by atoms with Gasteiger partial charge in [-0.05, 0) is 17.7 Å². The lowest BCUT2D eigenvalue weighted by molar-refractivity contribution is 0.199. The van der Waals surface area contributed by atoms with Crippen LogP contribution >= 0.6 is 0 Å². The molecule has 0 radical (unpaired) electrons. The summed E-state index contributed by atoms with van der Waals surface area (Å²) in [4.78, 5) is 4.37. The Morgan fingerprint density at radius 3 is 2.79 bits per heavy atom. The molecule has 2 rings (SSSR count). The van der Waals surface area contributed by atoms with Crippen LogP contribution < -0.4 is 10.6 Å². The van der Waals surface area contributed by atoms with Crippen LogP contribution in [0.25, 0.3) is 10.9 Å². The topological polar surface area (TPSA) is 46.2 Å². The van der Waals surface area contributed by atoms with Crippen molar-refractivity contribution in [3.63, 3.8) is 0 Å². The maximum Gasteiger partial charge on any atom is 0.0705 e. The lowest BCUT2D eigenvalue weighted by Crippen LogP contribution is -2.29. The van der Waals surface area contributed by atoms with E-state index in [4.69, 9.17) is 4.74 Å². The summed E-state index contributed by atoms with van der Waals surface area (Å²) in [7, 11) is 1.72. The van der Waals surface area contributed by atoms with Crippen molar-refractivity contribution in [3.05, 3.63) is 42.1 Å². The minimum absolute atomic E-state index is 0.759. The van der Waals surface area contributed by atoms with E-state index in [1.54, 1.807) is 7.11 Å². The van der Waals surface area contributed by atoms with E-state index in [1.807, 2.05) is 18.3 Å². The molecule has 0 saturated heterocycles. The summed E-state index contributed by atoms with van der Waals surface area (Å²) in [5.41, 5.74) is 2.35. The number of fused-ring (bicyclic) bond motifs is 1. The van der Waals surface area contributed by atoms with Crippen LogP contribution in [0.3, 0.4) is 0 Å². The summed E-state index contributed by atoms with van der Waals surface area (Å²) in [6, 6.07) is 10.3. The van der Waals surface area contributed by atoms with Crippen molar-refractivity contribution in [3.8, 4) is 0 Å². The van der Waals surface area contributed by atoms with Crippen LogP contribution in [0.2, 0.25) is 0 Å². The van der Waals surface area contributed by atoms with Gasteiger partial charge in [0, 0.05) is 44.9 Å². The third kappa shape index (κ3) is 4.28. The summed E-state index contributed by atoms with van der Waals surface area (Å²) in [6.07, 6.45) is 1.87. The summed E-state index contributed by atoms with van der Waals surface area (Å²) >= 11 is 0. The van der Waals surface area contributed by atoms with E-state index in [-0.39, 0.29) is 0 Å². The fourth-order valence-electron chi connectivity index (χ4n) is 2.01. The Morgan fingerprint density at radius 1 is 1.05 bits per heavy atom. The predicted molar refractivity (Wildman–Crippen MR) is 78.2 cm³/mol. The number of methoxy groups -OCH3 is 1. The monoisotopic (exact) mass is 259 g/mol. The molecular weight excluding hydrogens is 238 g/mol.